The number of aromatic nitrogens is 1. The molecule has 1 aromatic rings. The highest BCUT2D eigenvalue weighted by molar-refractivity contribution is 5.93. The molecule has 2 heterocycles. The summed E-state index contributed by atoms with van der Waals surface area (Å²) < 4.78 is 0. The molecule has 1 saturated heterocycles. The number of piperidine rings is 1. The molecule has 6 nitrogen and oxygen atoms in total. The Morgan fingerprint density at radius 1 is 1.67 bits per heavy atom. The van der Waals surface area contributed by atoms with Crippen LogP contribution in [0, 0.1) is 0 Å². The van der Waals surface area contributed by atoms with Gasteiger partial charge in [-0.3, -0.25) is 15.6 Å². The highest BCUT2D eigenvalue weighted by Crippen LogP contribution is 2.21. The first-order valence-corrected chi connectivity index (χ1v) is 5.96. The number of hydrogen-bond acceptors (Lipinski definition) is 5. The van der Waals surface area contributed by atoms with Gasteiger partial charge in [0.25, 0.3) is 5.91 Å². The maximum atomic E-state index is 12.2. The number of likely N-dealkylation sites (tertiary alicyclic amines) is 1. The van der Waals surface area contributed by atoms with Gasteiger partial charge in [0.05, 0.1) is 11.3 Å². The highest BCUT2D eigenvalue weighted by atomic mass is 16.3. The van der Waals surface area contributed by atoms with E-state index in [-0.39, 0.29) is 5.91 Å². The van der Waals surface area contributed by atoms with Crippen LogP contribution in [0.4, 0.5) is 5.69 Å². The maximum Gasteiger partial charge on any atom is 0.272 e. The summed E-state index contributed by atoms with van der Waals surface area (Å²) >= 11 is 0. The van der Waals surface area contributed by atoms with Crippen molar-refractivity contribution in [1.29, 1.82) is 0 Å². The number of amides is 1. The summed E-state index contributed by atoms with van der Waals surface area (Å²) in [5.41, 5.74) is 2.65. The van der Waals surface area contributed by atoms with Crippen LogP contribution in [0.2, 0.25) is 0 Å². The number of hydrazine groups is 1. The fraction of sp³-hybridized carbons (Fsp3) is 0.500. The lowest BCUT2D eigenvalue weighted by Crippen LogP contribution is -2.48. The minimum Gasteiger partial charge on any atom is -0.388 e. The van der Waals surface area contributed by atoms with Crippen LogP contribution in [-0.2, 0) is 0 Å². The standard InChI is InChI=1S/C12H18N4O2/c1-12(18)4-2-6-16(8-12)11(17)10-7-9(15-13)3-5-14-10/h3,5,7,18H,2,4,6,8,13H2,1H3,(H,14,15). The number of nitrogen functional groups attached to an aromatic ring is 1. The Kier molecular flexibility index (Phi) is 3.49. The number of hydrogen-bond donors (Lipinski definition) is 3. The number of pyridine rings is 1. The molecule has 0 bridgehead atoms. The Hall–Kier alpha value is -1.66. The largest absolute Gasteiger partial charge is 0.388 e. The van der Waals surface area contributed by atoms with Crippen LogP contribution in [0.3, 0.4) is 0 Å². The predicted octanol–water partition coefficient (Wildman–Crippen LogP) is 0.354. The quantitative estimate of drug-likeness (QED) is 0.520. The molecule has 98 valence electrons. The molecule has 0 aromatic carbocycles. The smallest absolute Gasteiger partial charge is 0.272 e. The van der Waals surface area contributed by atoms with Crippen molar-refractivity contribution in [3.63, 3.8) is 0 Å². The van der Waals surface area contributed by atoms with Gasteiger partial charge in [0.1, 0.15) is 5.69 Å². The Bertz CT molecular complexity index is 447. The van der Waals surface area contributed by atoms with Gasteiger partial charge in [-0.15, -0.1) is 0 Å². The van der Waals surface area contributed by atoms with E-state index in [1.165, 1.54) is 6.20 Å². The van der Waals surface area contributed by atoms with Crippen LogP contribution >= 0.6 is 0 Å². The van der Waals surface area contributed by atoms with Crippen LogP contribution in [0.5, 0.6) is 0 Å². The number of nitrogens with two attached hydrogens (primary N) is 1. The lowest BCUT2D eigenvalue weighted by Gasteiger charge is -2.36. The summed E-state index contributed by atoms with van der Waals surface area (Å²) in [5.74, 6) is 5.12. The van der Waals surface area contributed by atoms with Crippen LogP contribution in [0.25, 0.3) is 0 Å². The maximum absolute atomic E-state index is 12.2. The molecule has 1 amide bonds. The van der Waals surface area contributed by atoms with Crippen LogP contribution < -0.4 is 11.3 Å². The van der Waals surface area contributed by atoms with Gasteiger partial charge in [-0.2, -0.15) is 0 Å². The van der Waals surface area contributed by atoms with E-state index >= 15 is 0 Å². The first-order valence-electron chi connectivity index (χ1n) is 5.96. The lowest BCUT2D eigenvalue weighted by atomic mass is 9.95. The van der Waals surface area contributed by atoms with Gasteiger partial charge in [-0.05, 0) is 31.9 Å². The first-order chi connectivity index (χ1) is 8.52. The highest BCUT2D eigenvalue weighted by Gasteiger charge is 2.31. The van der Waals surface area contributed by atoms with Crippen molar-refractivity contribution in [1.82, 2.24) is 9.88 Å². The van der Waals surface area contributed by atoms with Gasteiger partial charge in [0.15, 0.2) is 0 Å². The normalized spacial score (nSPS) is 23.8. The minimum absolute atomic E-state index is 0.174. The molecule has 4 N–H and O–H groups in total. The average Bonchev–Trinajstić information content (AvgIpc) is 2.37. The van der Waals surface area contributed by atoms with Crippen molar-refractivity contribution in [3.8, 4) is 0 Å². The molecule has 1 atom stereocenters. The second kappa shape index (κ2) is 4.91. The van der Waals surface area contributed by atoms with E-state index in [1.54, 1.807) is 24.0 Å². The third kappa shape index (κ3) is 2.77. The molecule has 0 spiro atoms. The Balaban J connectivity index is 2.15. The molecule has 1 fully saturated rings. The van der Waals surface area contributed by atoms with E-state index < -0.39 is 5.60 Å². The summed E-state index contributed by atoms with van der Waals surface area (Å²) in [5, 5.41) is 9.99. The number of β-amino-alcohol motifs (C(OH)–C–C–N with tert-alkyl or cyclic N) is 1. The van der Waals surface area contributed by atoms with E-state index in [4.69, 9.17) is 5.84 Å². The zero-order chi connectivity index (χ0) is 13.2. The molecule has 1 aromatic heterocycles. The Morgan fingerprint density at radius 3 is 3.11 bits per heavy atom. The number of carbonyl (C=O) groups excluding carboxylic acids is 1. The third-order valence-corrected chi connectivity index (χ3v) is 3.11. The van der Waals surface area contributed by atoms with Crippen molar-refractivity contribution in [2.24, 2.45) is 5.84 Å². The van der Waals surface area contributed by atoms with Gasteiger partial charge >= 0.3 is 0 Å². The number of rotatable bonds is 2. The number of nitrogens with one attached hydrogen (secondary N) is 1. The molecule has 1 unspecified atom stereocenters. The number of aliphatic hydroxyl groups is 1. The zero-order valence-corrected chi connectivity index (χ0v) is 10.4. The third-order valence-electron chi connectivity index (χ3n) is 3.11. The van der Waals surface area contributed by atoms with Crippen molar-refractivity contribution < 1.29 is 9.90 Å². The van der Waals surface area contributed by atoms with Gasteiger partial charge in [0.2, 0.25) is 0 Å². The number of carbonyl (C=O) groups is 1. The predicted molar refractivity (Wildman–Crippen MR) is 67.8 cm³/mol. The Labute approximate surface area is 106 Å². The fourth-order valence-corrected chi connectivity index (χ4v) is 2.19. The molecule has 2 rings (SSSR count). The molecular weight excluding hydrogens is 232 g/mol. The molecule has 0 saturated carbocycles. The molecule has 0 aliphatic carbocycles. The zero-order valence-electron chi connectivity index (χ0n) is 10.4. The van der Waals surface area contributed by atoms with Gasteiger partial charge in [-0.1, -0.05) is 0 Å². The molecule has 6 heteroatoms. The lowest BCUT2D eigenvalue weighted by molar-refractivity contribution is -0.0109. The average molecular weight is 250 g/mol. The summed E-state index contributed by atoms with van der Waals surface area (Å²) in [6.07, 6.45) is 3.05. The van der Waals surface area contributed by atoms with E-state index in [0.29, 0.717) is 30.9 Å². The number of nitrogens with zero attached hydrogens (tertiary/aromatic N) is 2. The topological polar surface area (TPSA) is 91.5 Å². The molecule has 18 heavy (non-hydrogen) atoms. The second-order valence-corrected chi connectivity index (χ2v) is 4.90. The Morgan fingerprint density at radius 2 is 2.44 bits per heavy atom. The van der Waals surface area contributed by atoms with Crippen LogP contribution in [0.1, 0.15) is 30.3 Å². The molecule has 0 radical (unpaired) electrons. The monoisotopic (exact) mass is 250 g/mol. The second-order valence-electron chi connectivity index (χ2n) is 4.90. The van der Waals surface area contributed by atoms with E-state index in [0.717, 1.165) is 6.42 Å². The van der Waals surface area contributed by atoms with Gasteiger partial charge in [0, 0.05) is 19.3 Å². The summed E-state index contributed by atoms with van der Waals surface area (Å²) in [4.78, 5) is 17.9. The SMILES string of the molecule is CC1(O)CCCN(C(=O)c2cc(NN)ccn2)C1. The van der Waals surface area contributed by atoms with E-state index in [2.05, 4.69) is 10.4 Å². The van der Waals surface area contributed by atoms with Crippen molar-refractivity contribution in [2.45, 2.75) is 25.4 Å². The fourth-order valence-electron chi connectivity index (χ4n) is 2.19. The van der Waals surface area contributed by atoms with Crippen molar-refractivity contribution in [2.75, 3.05) is 18.5 Å². The van der Waals surface area contributed by atoms with Crippen molar-refractivity contribution >= 4 is 11.6 Å². The summed E-state index contributed by atoms with van der Waals surface area (Å²) in [6, 6.07) is 3.29. The van der Waals surface area contributed by atoms with E-state index in [9.17, 15) is 9.90 Å². The summed E-state index contributed by atoms with van der Waals surface area (Å²) in [7, 11) is 0. The van der Waals surface area contributed by atoms with Gasteiger partial charge in [-0.25, -0.2) is 0 Å². The van der Waals surface area contributed by atoms with Gasteiger partial charge < -0.3 is 15.4 Å². The number of anilines is 1. The van der Waals surface area contributed by atoms with Crippen LogP contribution in [0.15, 0.2) is 18.3 Å². The minimum atomic E-state index is -0.808. The summed E-state index contributed by atoms with van der Waals surface area (Å²) in [6.45, 7) is 2.74. The molecular formula is C12H18N4O2. The van der Waals surface area contributed by atoms with E-state index in [1.807, 2.05) is 0 Å². The molecule has 1 aliphatic heterocycles. The first kappa shape index (κ1) is 12.8. The van der Waals surface area contributed by atoms with Crippen molar-refractivity contribution in [3.05, 3.63) is 24.0 Å². The molecule has 1 aliphatic rings. The van der Waals surface area contributed by atoms with Crippen LogP contribution in [-0.4, -0.2) is 39.6 Å².